The van der Waals surface area contributed by atoms with Crippen molar-refractivity contribution >= 4 is 29.0 Å². The van der Waals surface area contributed by atoms with Gasteiger partial charge in [0.15, 0.2) is 5.69 Å². The SMILES string of the molecule is Cc1cc(=O)c(C(=O)Nc2cccc(SC(F)F)c2)nn1-c1ccccc1[N+](=O)[O-]. The Kier molecular flexibility index (Phi) is 6.21. The molecular weight excluding hydrogens is 418 g/mol. The van der Waals surface area contributed by atoms with Crippen molar-refractivity contribution < 1.29 is 18.5 Å². The number of nitrogens with one attached hydrogen (secondary N) is 1. The highest BCUT2D eigenvalue weighted by Gasteiger charge is 2.20. The summed E-state index contributed by atoms with van der Waals surface area (Å²) in [6, 6.07) is 12.7. The first-order valence-electron chi connectivity index (χ1n) is 8.47. The lowest BCUT2D eigenvalue weighted by molar-refractivity contribution is -0.384. The van der Waals surface area contributed by atoms with Gasteiger partial charge in [0, 0.05) is 28.4 Å². The van der Waals surface area contributed by atoms with E-state index in [1.165, 1.54) is 49.4 Å². The van der Waals surface area contributed by atoms with Crippen LogP contribution in [0, 0.1) is 17.0 Å². The molecule has 1 aromatic heterocycles. The summed E-state index contributed by atoms with van der Waals surface area (Å²) in [4.78, 5) is 35.9. The van der Waals surface area contributed by atoms with E-state index >= 15 is 0 Å². The van der Waals surface area contributed by atoms with Crippen molar-refractivity contribution in [2.75, 3.05) is 5.32 Å². The van der Waals surface area contributed by atoms with E-state index in [1.807, 2.05) is 0 Å². The number of aromatic nitrogens is 2. The number of amides is 1. The molecule has 1 N–H and O–H groups in total. The topological polar surface area (TPSA) is 107 Å². The maximum atomic E-state index is 12.6. The van der Waals surface area contributed by atoms with Crippen LogP contribution in [0.4, 0.5) is 20.2 Å². The third kappa shape index (κ3) is 4.69. The fourth-order valence-electron chi connectivity index (χ4n) is 2.69. The number of para-hydroxylation sites is 2. The number of hydrogen-bond donors (Lipinski definition) is 1. The van der Waals surface area contributed by atoms with E-state index in [-0.39, 0.29) is 22.0 Å². The number of aryl methyl sites for hydroxylation is 1. The zero-order chi connectivity index (χ0) is 21.8. The summed E-state index contributed by atoms with van der Waals surface area (Å²) in [5, 5.41) is 17.8. The lowest BCUT2D eigenvalue weighted by Crippen LogP contribution is -2.27. The van der Waals surface area contributed by atoms with Gasteiger partial charge in [0.1, 0.15) is 5.69 Å². The zero-order valence-corrected chi connectivity index (χ0v) is 16.2. The summed E-state index contributed by atoms with van der Waals surface area (Å²) in [7, 11) is 0. The van der Waals surface area contributed by atoms with Crippen LogP contribution in [-0.4, -0.2) is 26.4 Å². The average molecular weight is 432 g/mol. The molecule has 2 aromatic carbocycles. The predicted molar refractivity (Wildman–Crippen MR) is 107 cm³/mol. The van der Waals surface area contributed by atoms with E-state index in [4.69, 9.17) is 0 Å². The lowest BCUT2D eigenvalue weighted by Gasteiger charge is -2.12. The van der Waals surface area contributed by atoms with Crippen LogP contribution in [0.2, 0.25) is 0 Å². The van der Waals surface area contributed by atoms with Crippen LogP contribution in [0.5, 0.6) is 0 Å². The van der Waals surface area contributed by atoms with Crippen LogP contribution in [-0.2, 0) is 0 Å². The molecule has 0 spiro atoms. The van der Waals surface area contributed by atoms with Crippen molar-refractivity contribution in [1.29, 1.82) is 0 Å². The fourth-order valence-corrected chi connectivity index (χ4v) is 3.24. The Balaban J connectivity index is 1.98. The highest BCUT2D eigenvalue weighted by Crippen LogP contribution is 2.27. The zero-order valence-electron chi connectivity index (χ0n) is 15.4. The molecular formula is C19H14F2N4O4S. The smallest absolute Gasteiger partial charge is 0.294 e. The Morgan fingerprint density at radius 3 is 2.63 bits per heavy atom. The highest BCUT2D eigenvalue weighted by molar-refractivity contribution is 7.99. The standard InChI is InChI=1S/C19H14F2N4O4S/c1-11-9-16(26)17(23-24(11)14-7-2-3-8-15(14)25(28)29)18(27)22-12-5-4-6-13(10-12)30-19(20)21/h2-10,19H,1H3,(H,22,27). The molecule has 0 saturated carbocycles. The van der Waals surface area contributed by atoms with Crippen LogP contribution in [0.15, 0.2) is 64.3 Å². The van der Waals surface area contributed by atoms with Crippen LogP contribution in [0.3, 0.4) is 0 Å². The first-order valence-corrected chi connectivity index (χ1v) is 9.35. The molecule has 0 aliphatic rings. The number of nitro groups is 1. The lowest BCUT2D eigenvalue weighted by atomic mass is 10.2. The minimum Gasteiger partial charge on any atom is -0.320 e. The Labute approximate surface area is 172 Å². The monoisotopic (exact) mass is 432 g/mol. The molecule has 1 amide bonds. The van der Waals surface area contributed by atoms with Gasteiger partial charge in [-0.25, -0.2) is 4.68 Å². The molecule has 0 fully saturated rings. The van der Waals surface area contributed by atoms with Crippen molar-refractivity contribution in [1.82, 2.24) is 9.78 Å². The number of carbonyl (C=O) groups is 1. The van der Waals surface area contributed by atoms with Crippen LogP contribution in [0.1, 0.15) is 16.2 Å². The quantitative estimate of drug-likeness (QED) is 0.358. The summed E-state index contributed by atoms with van der Waals surface area (Å²) in [6.45, 7) is 1.53. The summed E-state index contributed by atoms with van der Waals surface area (Å²) >= 11 is 0.315. The Morgan fingerprint density at radius 1 is 1.20 bits per heavy atom. The third-order valence-electron chi connectivity index (χ3n) is 3.95. The molecule has 3 aromatic rings. The van der Waals surface area contributed by atoms with Gasteiger partial charge in [-0.1, -0.05) is 30.0 Å². The van der Waals surface area contributed by atoms with E-state index in [9.17, 15) is 28.5 Å². The van der Waals surface area contributed by atoms with E-state index in [2.05, 4.69) is 10.4 Å². The first kappa shape index (κ1) is 21.1. The average Bonchev–Trinajstić information content (AvgIpc) is 2.67. The number of carbonyl (C=O) groups excluding carboxylic acids is 1. The number of alkyl halides is 2. The van der Waals surface area contributed by atoms with Gasteiger partial charge in [-0.3, -0.25) is 19.7 Å². The Hall–Kier alpha value is -3.60. The van der Waals surface area contributed by atoms with Crippen molar-refractivity contribution in [2.45, 2.75) is 17.6 Å². The van der Waals surface area contributed by atoms with Crippen molar-refractivity contribution in [3.05, 3.63) is 86.3 Å². The molecule has 0 unspecified atom stereocenters. The number of benzene rings is 2. The largest absolute Gasteiger partial charge is 0.320 e. The van der Waals surface area contributed by atoms with Crippen LogP contribution < -0.4 is 10.7 Å². The van der Waals surface area contributed by atoms with Crippen LogP contribution in [0.25, 0.3) is 5.69 Å². The number of thioether (sulfide) groups is 1. The van der Waals surface area contributed by atoms with E-state index in [0.717, 1.165) is 10.7 Å². The van der Waals surface area contributed by atoms with Gasteiger partial charge in [0.05, 0.1) is 4.92 Å². The molecule has 8 nitrogen and oxygen atoms in total. The number of nitro benzene ring substituents is 1. The highest BCUT2D eigenvalue weighted by atomic mass is 32.2. The van der Waals surface area contributed by atoms with Crippen LogP contribution >= 0.6 is 11.8 Å². The Morgan fingerprint density at radius 2 is 1.93 bits per heavy atom. The molecule has 0 saturated heterocycles. The number of anilines is 1. The van der Waals surface area contributed by atoms with Gasteiger partial charge >= 0.3 is 0 Å². The van der Waals surface area contributed by atoms with Crippen molar-refractivity contribution in [3.63, 3.8) is 0 Å². The van der Waals surface area contributed by atoms with E-state index in [0.29, 0.717) is 17.5 Å². The molecule has 0 aliphatic carbocycles. The predicted octanol–water partition coefficient (Wildman–Crippen LogP) is 4.02. The molecule has 30 heavy (non-hydrogen) atoms. The van der Waals surface area contributed by atoms with Gasteiger partial charge in [-0.2, -0.15) is 13.9 Å². The second-order valence-corrected chi connectivity index (χ2v) is 7.08. The van der Waals surface area contributed by atoms with Gasteiger partial charge < -0.3 is 5.32 Å². The number of hydrogen-bond acceptors (Lipinski definition) is 6. The maximum absolute atomic E-state index is 12.6. The third-order valence-corrected chi connectivity index (χ3v) is 4.65. The molecule has 3 rings (SSSR count). The molecule has 0 atom stereocenters. The minimum atomic E-state index is -2.62. The fraction of sp³-hybridized carbons (Fsp3) is 0.105. The molecule has 11 heteroatoms. The van der Waals surface area contributed by atoms with Crippen molar-refractivity contribution in [3.8, 4) is 5.69 Å². The van der Waals surface area contributed by atoms with Gasteiger partial charge in [-0.05, 0) is 31.2 Å². The second kappa shape index (κ2) is 8.82. The molecule has 1 heterocycles. The normalized spacial score (nSPS) is 10.8. The summed E-state index contributed by atoms with van der Waals surface area (Å²) in [5.74, 6) is -3.49. The van der Waals surface area contributed by atoms with Gasteiger partial charge in [0.2, 0.25) is 5.43 Å². The van der Waals surface area contributed by atoms with Gasteiger partial charge in [-0.15, -0.1) is 0 Å². The van der Waals surface area contributed by atoms with E-state index < -0.39 is 27.7 Å². The molecule has 154 valence electrons. The number of nitrogens with zero attached hydrogens (tertiary/aromatic N) is 3. The minimum absolute atomic E-state index is 0.0874. The Bertz CT molecular complexity index is 1180. The maximum Gasteiger partial charge on any atom is 0.294 e. The summed E-state index contributed by atoms with van der Waals surface area (Å²) in [5.41, 5.74) is -0.848. The molecule has 0 radical (unpaired) electrons. The number of halogens is 2. The first-order chi connectivity index (χ1) is 14.3. The molecule has 0 aliphatic heterocycles. The van der Waals surface area contributed by atoms with E-state index in [1.54, 1.807) is 6.07 Å². The summed E-state index contributed by atoms with van der Waals surface area (Å²) in [6.07, 6.45) is 0. The van der Waals surface area contributed by atoms with Crippen molar-refractivity contribution in [2.24, 2.45) is 0 Å². The molecule has 0 bridgehead atoms. The summed E-state index contributed by atoms with van der Waals surface area (Å²) < 4.78 is 26.2. The van der Waals surface area contributed by atoms with Gasteiger partial charge in [0.25, 0.3) is 17.4 Å². The number of rotatable bonds is 6. The second-order valence-electron chi connectivity index (χ2n) is 6.02.